The maximum Gasteiger partial charge on any atom is 0.183 e. The molecule has 1 aliphatic heterocycles. The second-order valence-electron chi connectivity index (χ2n) is 2.62. The molecule has 0 unspecified atom stereocenters. The molecule has 5 nitrogen and oxygen atoms in total. The zero-order valence-electron chi connectivity index (χ0n) is 5.92. The third-order valence-corrected chi connectivity index (χ3v) is 1.73. The first kappa shape index (κ1) is 8.89. The van der Waals surface area contributed by atoms with E-state index in [4.69, 9.17) is 25.2 Å². The Labute approximate surface area is 63.8 Å². The minimum Gasteiger partial charge on any atom is -0.394 e. The van der Waals surface area contributed by atoms with Crippen LogP contribution in [0.15, 0.2) is 0 Å². The van der Waals surface area contributed by atoms with Gasteiger partial charge in [0.2, 0.25) is 0 Å². The maximum atomic E-state index is 9.05. The first-order chi connectivity index (χ1) is 5.15. The Kier molecular flexibility index (Phi) is 2.80. The normalized spacial score (nSPS) is 45.8. The lowest BCUT2D eigenvalue weighted by Crippen LogP contribution is -2.49. The van der Waals surface area contributed by atoms with E-state index in [1.54, 1.807) is 0 Å². The van der Waals surface area contributed by atoms with Crippen molar-refractivity contribution >= 4 is 0 Å². The average molecular weight is 164 g/mol. The molecule has 0 radical (unpaired) electrons. The summed E-state index contributed by atoms with van der Waals surface area (Å²) in [5.74, 6) is 0. The predicted octanol–water partition coefficient (Wildman–Crippen LogP) is -2.19. The zero-order valence-corrected chi connectivity index (χ0v) is 5.92. The smallest absolute Gasteiger partial charge is 0.183 e. The fourth-order valence-corrected chi connectivity index (χ4v) is 1.05. The van der Waals surface area contributed by atoms with E-state index in [0.29, 0.717) is 0 Å². The van der Waals surface area contributed by atoms with Gasteiger partial charge in [-0.3, -0.25) is 0 Å². The summed E-state index contributed by atoms with van der Waals surface area (Å²) in [6.07, 6.45) is -4.11. The molecule has 0 aromatic carbocycles. The summed E-state index contributed by atoms with van der Waals surface area (Å²) in [6.45, 7) is -0.263. The summed E-state index contributed by atoms with van der Waals surface area (Å²) < 4.78 is 4.71. The van der Waals surface area contributed by atoms with Gasteiger partial charge in [-0.25, -0.2) is 0 Å². The van der Waals surface area contributed by atoms with Crippen molar-refractivity contribution in [2.45, 2.75) is 31.0 Å². The molecule has 1 aliphatic rings. The van der Waals surface area contributed by atoms with E-state index in [2.05, 4.69) is 0 Å². The summed E-state index contributed by atoms with van der Waals surface area (Å²) in [4.78, 5) is 0. The molecule has 5 heteroatoms. The second kappa shape index (κ2) is 3.46. The molecule has 1 fully saturated rings. The van der Waals surface area contributed by atoms with Crippen LogP contribution in [-0.4, -0.2) is 51.6 Å². The van der Waals surface area contributed by atoms with Crippen LogP contribution in [0, 0.1) is 0 Å². The Bertz CT molecular complexity index is 116. The molecule has 4 atom stereocenters. The lowest BCUT2D eigenvalue weighted by molar-refractivity contribution is -0.251. The minimum absolute atomic E-state index is 0.148. The third kappa shape index (κ3) is 1.88. The highest BCUT2D eigenvalue weighted by Gasteiger charge is 2.34. The van der Waals surface area contributed by atoms with Gasteiger partial charge in [-0.2, -0.15) is 0 Å². The molecular formula is C6H12O5. The van der Waals surface area contributed by atoms with Crippen molar-refractivity contribution in [1.29, 1.82) is 0 Å². The van der Waals surface area contributed by atoms with Crippen LogP contribution in [0.3, 0.4) is 0 Å². The Hall–Kier alpha value is -0.200. The minimum atomic E-state index is -1.39. The van der Waals surface area contributed by atoms with Crippen LogP contribution in [0.4, 0.5) is 0 Å². The number of aliphatic hydroxyl groups excluding tert-OH is 4. The summed E-state index contributed by atoms with van der Waals surface area (Å²) in [5.41, 5.74) is 0. The highest BCUT2D eigenvalue weighted by atomic mass is 16.6. The molecule has 1 saturated heterocycles. The molecule has 4 N–H and O–H groups in total. The molecule has 1 rings (SSSR count). The molecule has 0 saturated carbocycles. The van der Waals surface area contributed by atoms with Gasteiger partial charge in [-0.05, 0) is 0 Å². The summed E-state index contributed by atoms with van der Waals surface area (Å²) in [7, 11) is 0. The molecule has 0 bridgehead atoms. The van der Waals surface area contributed by atoms with Gasteiger partial charge in [0.15, 0.2) is 6.29 Å². The van der Waals surface area contributed by atoms with Crippen LogP contribution in [0.5, 0.6) is 0 Å². The summed E-state index contributed by atoms with van der Waals surface area (Å²) in [5, 5.41) is 35.5. The predicted molar refractivity (Wildman–Crippen MR) is 34.6 cm³/mol. The van der Waals surface area contributed by atoms with Gasteiger partial charge in [-0.15, -0.1) is 0 Å². The number of hydrogen-bond donors (Lipinski definition) is 4. The third-order valence-electron chi connectivity index (χ3n) is 1.73. The van der Waals surface area contributed by atoms with E-state index in [0.717, 1.165) is 0 Å². The molecular weight excluding hydrogens is 152 g/mol. The Morgan fingerprint density at radius 3 is 2.36 bits per heavy atom. The quantitative estimate of drug-likeness (QED) is 0.353. The fourth-order valence-electron chi connectivity index (χ4n) is 1.05. The van der Waals surface area contributed by atoms with Crippen LogP contribution in [0.1, 0.15) is 6.42 Å². The summed E-state index contributed by atoms with van der Waals surface area (Å²) >= 11 is 0. The SMILES string of the molecule is OC[C@H]1C[C@@H](O)[C@H](O)[C@@H](O)O1. The van der Waals surface area contributed by atoms with Gasteiger partial charge in [0.1, 0.15) is 6.10 Å². The standard InChI is InChI=1S/C6H12O5/c7-2-3-1-4(8)5(9)6(10)11-3/h3-10H,1-2H2/t3-,4-,5+,6+/m1/s1. The van der Waals surface area contributed by atoms with Crippen molar-refractivity contribution < 1.29 is 25.2 Å². The van der Waals surface area contributed by atoms with Crippen molar-refractivity contribution in [3.05, 3.63) is 0 Å². The Balaban J connectivity index is 2.47. The van der Waals surface area contributed by atoms with E-state index in [1.165, 1.54) is 0 Å². The first-order valence-electron chi connectivity index (χ1n) is 3.45. The summed E-state index contributed by atoms with van der Waals surface area (Å²) in [6, 6.07) is 0. The second-order valence-corrected chi connectivity index (χ2v) is 2.62. The Morgan fingerprint density at radius 2 is 1.91 bits per heavy atom. The lowest BCUT2D eigenvalue weighted by Gasteiger charge is -2.33. The van der Waals surface area contributed by atoms with Crippen molar-refractivity contribution in [2.75, 3.05) is 6.61 Å². The van der Waals surface area contributed by atoms with Gasteiger partial charge in [0, 0.05) is 6.42 Å². The molecule has 11 heavy (non-hydrogen) atoms. The number of aliphatic hydroxyl groups is 4. The monoisotopic (exact) mass is 164 g/mol. The fraction of sp³-hybridized carbons (Fsp3) is 1.00. The van der Waals surface area contributed by atoms with Crippen LogP contribution in [0.2, 0.25) is 0 Å². The van der Waals surface area contributed by atoms with Crippen LogP contribution < -0.4 is 0 Å². The molecule has 1 heterocycles. The number of rotatable bonds is 1. The van der Waals surface area contributed by atoms with Crippen LogP contribution in [0.25, 0.3) is 0 Å². The van der Waals surface area contributed by atoms with Crippen molar-refractivity contribution in [3.63, 3.8) is 0 Å². The van der Waals surface area contributed by atoms with E-state index in [9.17, 15) is 0 Å². The highest BCUT2D eigenvalue weighted by molar-refractivity contribution is 4.79. The first-order valence-corrected chi connectivity index (χ1v) is 3.45. The number of ether oxygens (including phenoxy) is 1. The molecule has 0 aromatic rings. The van der Waals surface area contributed by atoms with Crippen molar-refractivity contribution in [2.24, 2.45) is 0 Å². The van der Waals surface area contributed by atoms with E-state index >= 15 is 0 Å². The van der Waals surface area contributed by atoms with E-state index in [-0.39, 0.29) is 13.0 Å². The average Bonchev–Trinajstić information content (AvgIpc) is 1.99. The van der Waals surface area contributed by atoms with Crippen LogP contribution >= 0.6 is 0 Å². The molecule has 0 amide bonds. The number of hydrogen-bond acceptors (Lipinski definition) is 5. The van der Waals surface area contributed by atoms with Gasteiger partial charge in [0.25, 0.3) is 0 Å². The van der Waals surface area contributed by atoms with Gasteiger partial charge < -0.3 is 25.2 Å². The van der Waals surface area contributed by atoms with E-state index < -0.39 is 24.6 Å². The molecule has 66 valence electrons. The van der Waals surface area contributed by atoms with Crippen molar-refractivity contribution in [3.8, 4) is 0 Å². The van der Waals surface area contributed by atoms with Gasteiger partial charge in [-0.1, -0.05) is 0 Å². The maximum absolute atomic E-state index is 9.05. The molecule has 0 aromatic heterocycles. The zero-order chi connectivity index (χ0) is 8.43. The molecule has 0 spiro atoms. The Morgan fingerprint density at radius 1 is 1.27 bits per heavy atom. The van der Waals surface area contributed by atoms with E-state index in [1.807, 2.05) is 0 Å². The lowest BCUT2D eigenvalue weighted by atomic mass is 10.0. The molecule has 0 aliphatic carbocycles. The highest BCUT2D eigenvalue weighted by Crippen LogP contribution is 2.17. The van der Waals surface area contributed by atoms with Gasteiger partial charge >= 0.3 is 0 Å². The van der Waals surface area contributed by atoms with Gasteiger partial charge in [0.05, 0.1) is 18.8 Å². The van der Waals surface area contributed by atoms with Crippen LogP contribution in [-0.2, 0) is 4.74 Å². The topological polar surface area (TPSA) is 90.2 Å². The van der Waals surface area contributed by atoms with Crippen molar-refractivity contribution in [1.82, 2.24) is 0 Å². The largest absolute Gasteiger partial charge is 0.394 e.